The van der Waals surface area contributed by atoms with Crippen molar-refractivity contribution in [2.45, 2.75) is 25.8 Å². The molecule has 3 aromatic rings. The van der Waals surface area contributed by atoms with E-state index in [9.17, 15) is 0 Å². The standard InChI is InChI=1S/C18H21N3/c1-2-21-13-17(16-5-3-4-6-18(16)21)15(12-19)11-14-7-9-20-10-8-14/h3-10,13,15H,2,11-12,19H2,1H3. The van der Waals surface area contributed by atoms with Crippen molar-refractivity contribution in [3.63, 3.8) is 0 Å². The molecule has 2 heterocycles. The lowest BCUT2D eigenvalue weighted by atomic mass is 9.92. The fraction of sp³-hybridized carbons (Fsp3) is 0.278. The molecule has 0 bridgehead atoms. The van der Waals surface area contributed by atoms with Gasteiger partial charge in [-0.2, -0.15) is 0 Å². The number of pyridine rings is 1. The van der Waals surface area contributed by atoms with Crippen LogP contribution in [0.25, 0.3) is 10.9 Å². The van der Waals surface area contributed by atoms with Crippen LogP contribution in [0.3, 0.4) is 0 Å². The number of aromatic nitrogens is 2. The van der Waals surface area contributed by atoms with Crippen LogP contribution in [0.1, 0.15) is 24.0 Å². The number of aryl methyl sites for hydroxylation is 1. The van der Waals surface area contributed by atoms with E-state index < -0.39 is 0 Å². The van der Waals surface area contributed by atoms with Gasteiger partial charge < -0.3 is 10.3 Å². The lowest BCUT2D eigenvalue weighted by Gasteiger charge is -2.14. The third-order valence-electron chi connectivity index (χ3n) is 4.12. The van der Waals surface area contributed by atoms with Crippen LogP contribution < -0.4 is 5.73 Å². The van der Waals surface area contributed by atoms with Gasteiger partial charge in [0, 0.05) is 42.0 Å². The summed E-state index contributed by atoms with van der Waals surface area (Å²) in [6, 6.07) is 12.7. The zero-order valence-electron chi connectivity index (χ0n) is 12.4. The van der Waals surface area contributed by atoms with Crippen LogP contribution in [-0.4, -0.2) is 16.1 Å². The minimum atomic E-state index is 0.338. The Morgan fingerprint density at radius 2 is 1.90 bits per heavy atom. The van der Waals surface area contributed by atoms with Crippen LogP contribution in [0.5, 0.6) is 0 Å². The fourth-order valence-electron chi connectivity index (χ4n) is 2.99. The van der Waals surface area contributed by atoms with E-state index in [-0.39, 0.29) is 0 Å². The SMILES string of the molecule is CCn1cc(C(CN)Cc2ccncc2)c2ccccc21. The lowest BCUT2D eigenvalue weighted by molar-refractivity contribution is 0.690. The molecule has 0 saturated carbocycles. The van der Waals surface area contributed by atoms with Crippen molar-refractivity contribution in [2.24, 2.45) is 5.73 Å². The van der Waals surface area contributed by atoms with Gasteiger partial charge in [0.25, 0.3) is 0 Å². The molecule has 0 amide bonds. The summed E-state index contributed by atoms with van der Waals surface area (Å²) in [6.45, 7) is 3.81. The molecular formula is C18H21N3. The smallest absolute Gasteiger partial charge is 0.0483 e. The normalized spacial score (nSPS) is 12.7. The van der Waals surface area contributed by atoms with Gasteiger partial charge in [0.1, 0.15) is 0 Å². The molecule has 0 saturated heterocycles. The van der Waals surface area contributed by atoms with E-state index in [4.69, 9.17) is 5.73 Å². The van der Waals surface area contributed by atoms with Crippen LogP contribution in [0, 0.1) is 0 Å². The van der Waals surface area contributed by atoms with Gasteiger partial charge in [0.2, 0.25) is 0 Å². The number of hydrogen-bond acceptors (Lipinski definition) is 2. The molecular weight excluding hydrogens is 258 g/mol. The highest BCUT2D eigenvalue weighted by Crippen LogP contribution is 2.29. The Hall–Kier alpha value is -2.13. The molecule has 0 spiro atoms. The van der Waals surface area contributed by atoms with E-state index in [2.05, 4.69) is 59.1 Å². The summed E-state index contributed by atoms with van der Waals surface area (Å²) < 4.78 is 2.31. The van der Waals surface area contributed by atoms with Crippen LogP contribution in [0.2, 0.25) is 0 Å². The third kappa shape index (κ3) is 2.69. The summed E-state index contributed by atoms with van der Waals surface area (Å²) in [5, 5.41) is 1.32. The average molecular weight is 279 g/mol. The van der Waals surface area contributed by atoms with Gasteiger partial charge in [0.15, 0.2) is 0 Å². The summed E-state index contributed by atoms with van der Waals surface area (Å²) >= 11 is 0. The fourth-order valence-corrected chi connectivity index (χ4v) is 2.99. The Balaban J connectivity index is 2.01. The van der Waals surface area contributed by atoms with Gasteiger partial charge in [-0.15, -0.1) is 0 Å². The molecule has 0 aliphatic carbocycles. The van der Waals surface area contributed by atoms with Crippen molar-refractivity contribution in [1.29, 1.82) is 0 Å². The van der Waals surface area contributed by atoms with Gasteiger partial charge in [0.05, 0.1) is 0 Å². The van der Waals surface area contributed by atoms with E-state index in [0.717, 1.165) is 13.0 Å². The largest absolute Gasteiger partial charge is 0.347 e. The molecule has 0 aliphatic rings. The highest BCUT2D eigenvalue weighted by Gasteiger charge is 2.16. The average Bonchev–Trinajstić information content (AvgIpc) is 2.92. The molecule has 0 fully saturated rings. The van der Waals surface area contributed by atoms with Crippen molar-refractivity contribution in [3.8, 4) is 0 Å². The molecule has 3 rings (SSSR count). The van der Waals surface area contributed by atoms with E-state index in [1.165, 1.54) is 22.0 Å². The van der Waals surface area contributed by atoms with Gasteiger partial charge in [-0.25, -0.2) is 0 Å². The quantitative estimate of drug-likeness (QED) is 0.778. The molecule has 2 aromatic heterocycles. The second-order valence-corrected chi connectivity index (χ2v) is 5.38. The molecule has 1 atom stereocenters. The number of fused-ring (bicyclic) bond motifs is 1. The Kier molecular flexibility index (Phi) is 4.02. The summed E-state index contributed by atoms with van der Waals surface area (Å²) in [7, 11) is 0. The van der Waals surface area contributed by atoms with Gasteiger partial charge in [-0.3, -0.25) is 4.98 Å². The monoisotopic (exact) mass is 279 g/mol. The maximum atomic E-state index is 6.07. The topological polar surface area (TPSA) is 43.8 Å². The Morgan fingerprint density at radius 1 is 1.14 bits per heavy atom. The number of nitrogens with two attached hydrogens (primary N) is 1. The number of hydrogen-bond donors (Lipinski definition) is 1. The van der Waals surface area contributed by atoms with Crippen LogP contribution >= 0.6 is 0 Å². The maximum Gasteiger partial charge on any atom is 0.0483 e. The highest BCUT2D eigenvalue weighted by atomic mass is 14.9. The third-order valence-corrected chi connectivity index (χ3v) is 4.12. The molecule has 108 valence electrons. The lowest BCUT2D eigenvalue weighted by Crippen LogP contribution is -2.15. The van der Waals surface area contributed by atoms with E-state index in [1.807, 2.05) is 12.4 Å². The number of para-hydroxylation sites is 1. The highest BCUT2D eigenvalue weighted by molar-refractivity contribution is 5.84. The van der Waals surface area contributed by atoms with Crippen LogP contribution in [-0.2, 0) is 13.0 Å². The number of rotatable bonds is 5. The first-order valence-corrected chi connectivity index (χ1v) is 7.50. The van der Waals surface area contributed by atoms with Crippen molar-refractivity contribution in [2.75, 3.05) is 6.54 Å². The predicted octanol–water partition coefficient (Wildman–Crippen LogP) is 3.34. The van der Waals surface area contributed by atoms with Crippen molar-refractivity contribution < 1.29 is 0 Å². The zero-order chi connectivity index (χ0) is 14.7. The first-order valence-electron chi connectivity index (χ1n) is 7.50. The van der Waals surface area contributed by atoms with Crippen LogP contribution in [0.15, 0.2) is 55.0 Å². The Bertz CT molecular complexity index is 716. The maximum absolute atomic E-state index is 6.07. The first-order chi connectivity index (χ1) is 10.3. The summed E-state index contributed by atoms with van der Waals surface area (Å²) in [5.74, 6) is 0.338. The molecule has 3 heteroatoms. The molecule has 1 unspecified atom stereocenters. The van der Waals surface area contributed by atoms with E-state index in [0.29, 0.717) is 12.5 Å². The Morgan fingerprint density at radius 3 is 2.62 bits per heavy atom. The molecule has 3 nitrogen and oxygen atoms in total. The Labute approximate surface area is 125 Å². The molecule has 21 heavy (non-hydrogen) atoms. The number of benzene rings is 1. The van der Waals surface area contributed by atoms with Crippen molar-refractivity contribution in [3.05, 3.63) is 66.1 Å². The summed E-state index contributed by atoms with van der Waals surface area (Å²) in [6.07, 6.45) is 6.91. The molecule has 0 radical (unpaired) electrons. The second kappa shape index (κ2) is 6.10. The van der Waals surface area contributed by atoms with Gasteiger partial charge in [-0.1, -0.05) is 18.2 Å². The van der Waals surface area contributed by atoms with Crippen molar-refractivity contribution >= 4 is 10.9 Å². The zero-order valence-corrected chi connectivity index (χ0v) is 12.4. The van der Waals surface area contributed by atoms with Crippen LogP contribution in [0.4, 0.5) is 0 Å². The molecule has 1 aromatic carbocycles. The van der Waals surface area contributed by atoms with E-state index in [1.54, 1.807) is 0 Å². The summed E-state index contributed by atoms with van der Waals surface area (Å²) in [4.78, 5) is 4.08. The molecule has 0 aliphatic heterocycles. The predicted molar refractivity (Wildman–Crippen MR) is 87.3 cm³/mol. The minimum absolute atomic E-state index is 0.338. The van der Waals surface area contributed by atoms with Gasteiger partial charge >= 0.3 is 0 Å². The first kappa shape index (κ1) is 13.8. The van der Waals surface area contributed by atoms with Crippen molar-refractivity contribution in [1.82, 2.24) is 9.55 Å². The summed E-state index contributed by atoms with van der Waals surface area (Å²) in [5.41, 5.74) is 10.0. The number of nitrogens with zero attached hydrogens (tertiary/aromatic N) is 2. The molecule has 2 N–H and O–H groups in total. The minimum Gasteiger partial charge on any atom is -0.347 e. The van der Waals surface area contributed by atoms with E-state index >= 15 is 0 Å². The second-order valence-electron chi connectivity index (χ2n) is 5.38. The van der Waals surface area contributed by atoms with Gasteiger partial charge in [-0.05, 0) is 49.2 Å².